The molecule has 0 saturated carbocycles. The molecule has 3 N–H and O–H groups in total. The number of nitrogens with one attached hydrogen (secondary N) is 1. The lowest BCUT2D eigenvalue weighted by atomic mass is 9.91. The van der Waals surface area contributed by atoms with Gasteiger partial charge in [-0.15, -0.1) is 0 Å². The number of nitrogens with zero attached hydrogens (tertiary/aromatic N) is 1. The Hall–Kier alpha value is -1.62. The summed E-state index contributed by atoms with van der Waals surface area (Å²) in [5.74, 6) is 0.427. The molecule has 1 aromatic rings. The van der Waals surface area contributed by atoms with E-state index in [1.165, 1.54) is 0 Å². The summed E-state index contributed by atoms with van der Waals surface area (Å²) in [4.78, 5) is 29.9. The Morgan fingerprint density at radius 2 is 2.18 bits per heavy atom. The van der Waals surface area contributed by atoms with Gasteiger partial charge in [-0.1, -0.05) is 6.92 Å². The highest BCUT2D eigenvalue weighted by Gasteiger charge is 2.31. The van der Waals surface area contributed by atoms with Gasteiger partial charge in [-0.05, 0) is 56.1 Å². The minimum atomic E-state index is -0.250. The number of likely N-dealkylation sites (tertiary alicyclic amines) is 1. The first kappa shape index (κ1) is 15.3. The summed E-state index contributed by atoms with van der Waals surface area (Å²) in [5.41, 5.74) is 8.01. The van der Waals surface area contributed by atoms with Crippen molar-refractivity contribution in [3.63, 3.8) is 0 Å². The highest BCUT2D eigenvalue weighted by atomic mass is 16.2. The zero-order chi connectivity index (χ0) is 15.7. The lowest BCUT2D eigenvalue weighted by Crippen LogP contribution is -2.50. The molecule has 2 aliphatic rings. The van der Waals surface area contributed by atoms with Crippen molar-refractivity contribution >= 4 is 5.91 Å². The van der Waals surface area contributed by atoms with E-state index in [0.717, 1.165) is 49.8 Å². The molecule has 5 heteroatoms. The van der Waals surface area contributed by atoms with Gasteiger partial charge < -0.3 is 15.6 Å². The van der Waals surface area contributed by atoms with E-state index in [9.17, 15) is 9.59 Å². The van der Waals surface area contributed by atoms with Crippen molar-refractivity contribution in [2.75, 3.05) is 13.1 Å². The fourth-order valence-electron chi connectivity index (χ4n) is 3.73. The number of amides is 1. The maximum atomic E-state index is 12.8. The molecule has 0 bridgehead atoms. The van der Waals surface area contributed by atoms with E-state index >= 15 is 0 Å². The van der Waals surface area contributed by atoms with Crippen LogP contribution in [0.4, 0.5) is 0 Å². The van der Waals surface area contributed by atoms with E-state index < -0.39 is 0 Å². The highest BCUT2D eigenvalue weighted by molar-refractivity contribution is 5.94. The molecular formula is C17H25N3O2. The van der Waals surface area contributed by atoms with Crippen molar-refractivity contribution in [2.24, 2.45) is 11.7 Å². The first-order chi connectivity index (χ1) is 10.6. The SMILES string of the molecule is CC1CCN(C(=O)c2cc3c([nH]c2=O)CCCC3)C(CN)C1. The van der Waals surface area contributed by atoms with Crippen LogP contribution in [-0.4, -0.2) is 34.9 Å². The van der Waals surface area contributed by atoms with E-state index in [1.54, 1.807) is 4.90 Å². The zero-order valence-corrected chi connectivity index (χ0v) is 13.2. The molecule has 0 radical (unpaired) electrons. The number of carbonyl (C=O) groups excluding carboxylic acids is 1. The number of hydrogen-bond donors (Lipinski definition) is 2. The lowest BCUT2D eigenvalue weighted by Gasteiger charge is -2.38. The number of rotatable bonds is 2. The maximum Gasteiger partial charge on any atom is 0.261 e. The van der Waals surface area contributed by atoms with E-state index in [4.69, 9.17) is 5.73 Å². The molecule has 1 fully saturated rings. The number of aryl methyl sites for hydroxylation is 2. The van der Waals surface area contributed by atoms with Gasteiger partial charge in [0.05, 0.1) is 0 Å². The van der Waals surface area contributed by atoms with Gasteiger partial charge in [0.1, 0.15) is 5.56 Å². The maximum absolute atomic E-state index is 12.8. The molecule has 1 aliphatic carbocycles. The third-order valence-corrected chi connectivity index (χ3v) is 5.08. The Labute approximate surface area is 130 Å². The summed E-state index contributed by atoms with van der Waals surface area (Å²) < 4.78 is 0. The van der Waals surface area contributed by atoms with Gasteiger partial charge in [0.15, 0.2) is 0 Å². The minimum absolute atomic E-state index is 0.0479. The Morgan fingerprint density at radius 1 is 1.41 bits per heavy atom. The smallest absolute Gasteiger partial charge is 0.261 e. The zero-order valence-electron chi connectivity index (χ0n) is 13.2. The van der Waals surface area contributed by atoms with Crippen molar-refractivity contribution in [1.82, 2.24) is 9.88 Å². The third kappa shape index (κ3) is 2.82. The van der Waals surface area contributed by atoms with E-state index in [-0.39, 0.29) is 23.1 Å². The molecule has 5 nitrogen and oxygen atoms in total. The summed E-state index contributed by atoms with van der Waals surface area (Å²) in [6.07, 6.45) is 5.99. The average Bonchev–Trinajstić information content (AvgIpc) is 2.53. The second-order valence-corrected chi connectivity index (χ2v) is 6.74. The van der Waals surface area contributed by atoms with Crippen molar-refractivity contribution in [3.8, 4) is 0 Å². The number of aromatic nitrogens is 1. The normalized spacial score (nSPS) is 24.9. The molecule has 1 saturated heterocycles. The topological polar surface area (TPSA) is 79.2 Å². The lowest BCUT2D eigenvalue weighted by molar-refractivity contribution is 0.0571. The van der Waals surface area contributed by atoms with Gasteiger partial charge in [-0.25, -0.2) is 0 Å². The second-order valence-electron chi connectivity index (χ2n) is 6.74. The molecule has 120 valence electrons. The summed E-state index contributed by atoms with van der Waals surface area (Å²) in [5, 5.41) is 0. The Morgan fingerprint density at radius 3 is 2.95 bits per heavy atom. The number of aromatic amines is 1. The molecule has 3 rings (SSSR count). The quantitative estimate of drug-likeness (QED) is 0.868. The number of hydrogen-bond acceptors (Lipinski definition) is 3. The van der Waals surface area contributed by atoms with Crippen LogP contribution in [0.3, 0.4) is 0 Å². The third-order valence-electron chi connectivity index (χ3n) is 5.08. The molecule has 2 unspecified atom stereocenters. The van der Waals surface area contributed by atoms with Crippen LogP contribution in [0.15, 0.2) is 10.9 Å². The molecule has 0 spiro atoms. The number of nitrogens with two attached hydrogens (primary N) is 1. The van der Waals surface area contributed by atoms with E-state index in [1.807, 2.05) is 6.07 Å². The number of piperidine rings is 1. The van der Waals surface area contributed by atoms with Crippen LogP contribution in [0.1, 0.15) is 54.2 Å². The van der Waals surface area contributed by atoms with Crippen LogP contribution in [-0.2, 0) is 12.8 Å². The number of fused-ring (bicyclic) bond motifs is 1. The summed E-state index contributed by atoms with van der Waals surface area (Å²) in [6.45, 7) is 3.34. The van der Waals surface area contributed by atoms with Crippen molar-refractivity contribution in [2.45, 2.75) is 51.5 Å². The van der Waals surface area contributed by atoms with Crippen molar-refractivity contribution < 1.29 is 4.79 Å². The summed E-state index contributed by atoms with van der Waals surface area (Å²) in [6, 6.07) is 1.87. The van der Waals surface area contributed by atoms with Gasteiger partial charge >= 0.3 is 0 Å². The van der Waals surface area contributed by atoms with E-state index in [2.05, 4.69) is 11.9 Å². The van der Waals surface area contributed by atoms with Crippen molar-refractivity contribution in [3.05, 3.63) is 33.2 Å². The Bertz CT molecular complexity index is 623. The molecule has 2 atom stereocenters. The highest BCUT2D eigenvalue weighted by Crippen LogP contribution is 2.24. The molecular weight excluding hydrogens is 278 g/mol. The minimum Gasteiger partial charge on any atom is -0.334 e. The standard InChI is InChI=1S/C17H25N3O2/c1-11-6-7-20(13(8-11)10-18)17(22)14-9-12-4-2-3-5-15(12)19-16(14)21/h9,11,13H,2-8,10,18H2,1H3,(H,19,21). The van der Waals surface area contributed by atoms with E-state index in [0.29, 0.717) is 19.0 Å². The largest absolute Gasteiger partial charge is 0.334 e. The summed E-state index contributed by atoms with van der Waals surface area (Å²) in [7, 11) is 0. The van der Waals surface area contributed by atoms with Gasteiger partial charge in [-0.3, -0.25) is 9.59 Å². The fourth-order valence-corrected chi connectivity index (χ4v) is 3.73. The average molecular weight is 303 g/mol. The predicted octanol–water partition coefficient (Wildman–Crippen LogP) is 1.45. The molecule has 0 aromatic carbocycles. The monoisotopic (exact) mass is 303 g/mol. The van der Waals surface area contributed by atoms with Crippen LogP contribution in [0.25, 0.3) is 0 Å². The Balaban J connectivity index is 1.90. The van der Waals surface area contributed by atoms with Crippen LogP contribution >= 0.6 is 0 Å². The van der Waals surface area contributed by atoms with Gasteiger partial charge in [0.25, 0.3) is 11.5 Å². The summed E-state index contributed by atoms with van der Waals surface area (Å²) >= 11 is 0. The Kier molecular flexibility index (Phi) is 4.34. The second kappa shape index (κ2) is 6.24. The molecule has 1 amide bonds. The van der Waals surface area contributed by atoms with Crippen LogP contribution in [0, 0.1) is 5.92 Å². The van der Waals surface area contributed by atoms with Gasteiger partial charge in [0.2, 0.25) is 0 Å². The first-order valence-electron chi connectivity index (χ1n) is 8.36. The molecule has 1 aliphatic heterocycles. The van der Waals surface area contributed by atoms with Crippen LogP contribution in [0.5, 0.6) is 0 Å². The number of H-pyrrole nitrogens is 1. The first-order valence-corrected chi connectivity index (χ1v) is 8.36. The van der Waals surface area contributed by atoms with Gasteiger partial charge in [-0.2, -0.15) is 0 Å². The number of pyridine rings is 1. The predicted molar refractivity (Wildman–Crippen MR) is 86.0 cm³/mol. The fraction of sp³-hybridized carbons (Fsp3) is 0.647. The number of carbonyl (C=O) groups is 1. The molecule has 22 heavy (non-hydrogen) atoms. The van der Waals surface area contributed by atoms with Crippen LogP contribution in [0.2, 0.25) is 0 Å². The van der Waals surface area contributed by atoms with Crippen LogP contribution < -0.4 is 11.3 Å². The molecule has 2 heterocycles. The van der Waals surface area contributed by atoms with Gasteiger partial charge in [0, 0.05) is 24.8 Å². The molecule has 1 aromatic heterocycles. The van der Waals surface area contributed by atoms with Crippen molar-refractivity contribution in [1.29, 1.82) is 0 Å².